The van der Waals surface area contributed by atoms with Gasteiger partial charge in [0, 0.05) is 17.8 Å². The number of nitrogens with zero attached hydrogens (tertiary/aromatic N) is 1. The van der Waals surface area contributed by atoms with Crippen molar-refractivity contribution in [1.29, 1.82) is 0 Å². The first kappa shape index (κ1) is 10.1. The number of rotatable bonds is 3. The van der Waals surface area contributed by atoms with Gasteiger partial charge in [-0.05, 0) is 26.2 Å². The minimum atomic E-state index is 0.0747. The first-order chi connectivity index (χ1) is 6.00. The first-order valence-electron chi connectivity index (χ1n) is 4.81. The van der Waals surface area contributed by atoms with Crippen molar-refractivity contribution >= 4 is 0 Å². The second-order valence-electron chi connectivity index (χ2n) is 4.18. The Labute approximate surface area is 78.8 Å². The summed E-state index contributed by atoms with van der Waals surface area (Å²) in [6.07, 6.45) is 0.939. The van der Waals surface area contributed by atoms with Crippen molar-refractivity contribution in [3.8, 4) is 0 Å². The van der Waals surface area contributed by atoms with Crippen LogP contribution in [0.1, 0.15) is 39.4 Å². The van der Waals surface area contributed by atoms with Crippen molar-refractivity contribution in [3.05, 3.63) is 22.1 Å². The number of aromatic nitrogens is 2. The van der Waals surface area contributed by atoms with Crippen molar-refractivity contribution in [2.75, 3.05) is 0 Å². The molecule has 1 heterocycles. The maximum atomic E-state index is 11.4. The SMILES string of the molecule is CC(C)Cc1cc(=O)n(C(C)C)[nH]1. The zero-order valence-corrected chi connectivity index (χ0v) is 8.79. The second kappa shape index (κ2) is 3.81. The van der Waals surface area contributed by atoms with Gasteiger partial charge in [-0.2, -0.15) is 0 Å². The standard InChI is InChI=1S/C10H18N2O/c1-7(2)5-9-6-10(13)12(11-9)8(3)4/h6-8,11H,5H2,1-4H3. The smallest absolute Gasteiger partial charge is 0.266 e. The third kappa shape index (κ3) is 2.47. The lowest BCUT2D eigenvalue weighted by molar-refractivity contribution is 0.505. The van der Waals surface area contributed by atoms with E-state index in [0.717, 1.165) is 12.1 Å². The molecule has 1 aromatic rings. The predicted molar refractivity (Wildman–Crippen MR) is 54.0 cm³/mol. The zero-order chi connectivity index (χ0) is 10.0. The van der Waals surface area contributed by atoms with Crippen molar-refractivity contribution in [2.45, 2.75) is 40.2 Å². The summed E-state index contributed by atoms with van der Waals surface area (Å²) in [6, 6.07) is 1.91. The molecule has 0 saturated carbocycles. The van der Waals surface area contributed by atoms with Gasteiger partial charge in [0.15, 0.2) is 0 Å². The lowest BCUT2D eigenvalue weighted by atomic mass is 10.1. The van der Waals surface area contributed by atoms with E-state index in [-0.39, 0.29) is 11.6 Å². The van der Waals surface area contributed by atoms with Crippen LogP contribution in [-0.2, 0) is 6.42 Å². The van der Waals surface area contributed by atoms with Crippen LogP contribution in [0.3, 0.4) is 0 Å². The molecule has 0 aliphatic heterocycles. The largest absolute Gasteiger partial charge is 0.299 e. The zero-order valence-electron chi connectivity index (χ0n) is 8.79. The van der Waals surface area contributed by atoms with E-state index in [1.165, 1.54) is 0 Å². The van der Waals surface area contributed by atoms with Gasteiger partial charge in [0.1, 0.15) is 0 Å². The summed E-state index contributed by atoms with van der Waals surface area (Å²) in [6.45, 7) is 8.28. The summed E-state index contributed by atoms with van der Waals surface area (Å²) >= 11 is 0. The third-order valence-corrected chi connectivity index (χ3v) is 1.94. The molecule has 1 N–H and O–H groups in total. The summed E-state index contributed by atoms with van der Waals surface area (Å²) < 4.78 is 1.66. The Morgan fingerprint density at radius 2 is 2.00 bits per heavy atom. The van der Waals surface area contributed by atoms with Gasteiger partial charge in [0.25, 0.3) is 5.56 Å². The van der Waals surface area contributed by atoms with Gasteiger partial charge in [0.2, 0.25) is 0 Å². The van der Waals surface area contributed by atoms with Crippen molar-refractivity contribution in [3.63, 3.8) is 0 Å². The molecule has 0 radical (unpaired) electrons. The highest BCUT2D eigenvalue weighted by atomic mass is 16.1. The lowest BCUT2D eigenvalue weighted by Crippen LogP contribution is -2.17. The van der Waals surface area contributed by atoms with Crippen LogP contribution in [0, 0.1) is 5.92 Å². The molecular weight excluding hydrogens is 164 g/mol. The van der Waals surface area contributed by atoms with Gasteiger partial charge in [-0.1, -0.05) is 13.8 Å². The molecular formula is C10H18N2O. The van der Waals surface area contributed by atoms with Crippen molar-refractivity contribution in [2.24, 2.45) is 5.92 Å². The molecule has 0 aromatic carbocycles. The van der Waals surface area contributed by atoms with E-state index in [2.05, 4.69) is 18.9 Å². The van der Waals surface area contributed by atoms with Crippen molar-refractivity contribution in [1.82, 2.24) is 9.78 Å². The summed E-state index contributed by atoms with van der Waals surface area (Å²) in [4.78, 5) is 11.4. The highest BCUT2D eigenvalue weighted by molar-refractivity contribution is 5.00. The van der Waals surface area contributed by atoms with Crippen molar-refractivity contribution < 1.29 is 0 Å². The van der Waals surface area contributed by atoms with Gasteiger partial charge >= 0.3 is 0 Å². The average Bonchev–Trinajstić information content (AvgIpc) is 2.29. The van der Waals surface area contributed by atoms with E-state index >= 15 is 0 Å². The van der Waals surface area contributed by atoms with Crippen LogP contribution in [-0.4, -0.2) is 9.78 Å². The molecule has 3 nitrogen and oxygen atoms in total. The number of aromatic amines is 1. The van der Waals surface area contributed by atoms with E-state index in [9.17, 15) is 4.79 Å². The molecule has 0 aliphatic carbocycles. The Morgan fingerprint density at radius 3 is 2.38 bits per heavy atom. The summed E-state index contributed by atoms with van der Waals surface area (Å²) in [7, 11) is 0. The van der Waals surface area contributed by atoms with Gasteiger partial charge in [-0.3, -0.25) is 14.6 Å². The fraction of sp³-hybridized carbons (Fsp3) is 0.700. The molecule has 0 amide bonds. The van der Waals surface area contributed by atoms with Gasteiger partial charge in [0.05, 0.1) is 0 Å². The van der Waals surface area contributed by atoms with Crippen LogP contribution >= 0.6 is 0 Å². The lowest BCUT2D eigenvalue weighted by Gasteiger charge is -2.05. The minimum absolute atomic E-state index is 0.0747. The van der Waals surface area contributed by atoms with Crippen LogP contribution < -0.4 is 5.56 Å². The van der Waals surface area contributed by atoms with Gasteiger partial charge in [-0.25, -0.2) is 0 Å². The van der Waals surface area contributed by atoms with Crippen LogP contribution in [0.15, 0.2) is 10.9 Å². The van der Waals surface area contributed by atoms with Gasteiger partial charge < -0.3 is 0 Å². The molecule has 0 spiro atoms. The summed E-state index contributed by atoms with van der Waals surface area (Å²) in [5.74, 6) is 0.582. The molecule has 1 aromatic heterocycles. The molecule has 0 bridgehead atoms. The molecule has 0 saturated heterocycles. The molecule has 0 atom stereocenters. The highest BCUT2D eigenvalue weighted by Crippen LogP contribution is 2.05. The van der Waals surface area contributed by atoms with E-state index in [1.807, 2.05) is 13.8 Å². The number of hydrogen-bond acceptors (Lipinski definition) is 1. The third-order valence-electron chi connectivity index (χ3n) is 1.94. The first-order valence-corrected chi connectivity index (χ1v) is 4.81. The quantitative estimate of drug-likeness (QED) is 0.762. The van der Waals surface area contributed by atoms with E-state index < -0.39 is 0 Å². The highest BCUT2D eigenvalue weighted by Gasteiger charge is 2.06. The molecule has 0 fully saturated rings. The molecule has 13 heavy (non-hydrogen) atoms. The Bertz CT molecular complexity index is 320. The molecule has 1 rings (SSSR count). The molecule has 0 unspecified atom stereocenters. The van der Waals surface area contributed by atoms with Gasteiger partial charge in [-0.15, -0.1) is 0 Å². The normalized spacial score (nSPS) is 11.5. The second-order valence-corrected chi connectivity index (χ2v) is 4.18. The Morgan fingerprint density at radius 1 is 1.38 bits per heavy atom. The average molecular weight is 182 g/mol. The summed E-state index contributed by atoms with van der Waals surface area (Å²) in [5, 5.41) is 3.12. The molecule has 74 valence electrons. The van der Waals surface area contributed by atoms with E-state index in [0.29, 0.717) is 5.92 Å². The van der Waals surface area contributed by atoms with Crippen LogP contribution in [0.25, 0.3) is 0 Å². The van der Waals surface area contributed by atoms with Crippen LogP contribution in [0.5, 0.6) is 0 Å². The maximum absolute atomic E-state index is 11.4. The number of nitrogens with one attached hydrogen (secondary N) is 1. The maximum Gasteiger partial charge on any atom is 0.266 e. The molecule has 3 heteroatoms. The van der Waals surface area contributed by atoms with Crippen LogP contribution in [0.2, 0.25) is 0 Å². The minimum Gasteiger partial charge on any atom is -0.299 e. The van der Waals surface area contributed by atoms with E-state index in [4.69, 9.17) is 0 Å². The number of H-pyrrole nitrogens is 1. The Hall–Kier alpha value is -0.990. The monoisotopic (exact) mass is 182 g/mol. The fourth-order valence-corrected chi connectivity index (χ4v) is 1.39. The Balaban J connectivity index is 2.89. The summed E-state index contributed by atoms with van der Waals surface area (Å²) in [5.41, 5.74) is 1.11. The fourth-order valence-electron chi connectivity index (χ4n) is 1.39. The van der Waals surface area contributed by atoms with Crippen LogP contribution in [0.4, 0.5) is 0 Å². The molecule has 0 aliphatic rings. The Kier molecular flexibility index (Phi) is 2.96. The topological polar surface area (TPSA) is 37.8 Å². The van der Waals surface area contributed by atoms with E-state index in [1.54, 1.807) is 10.7 Å². The number of hydrogen-bond donors (Lipinski definition) is 1. The predicted octanol–water partition coefficient (Wildman–Crippen LogP) is 1.96.